The van der Waals surface area contributed by atoms with Gasteiger partial charge in [-0.2, -0.15) is 0 Å². The second kappa shape index (κ2) is 5.85. The third kappa shape index (κ3) is 3.56. The van der Waals surface area contributed by atoms with Gasteiger partial charge in [-0.15, -0.1) is 0 Å². The van der Waals surface area contributed by atoms with Gasteiger partial charge in [0.25, 0.3) is 0 Å². The normalized spacial score (nSPS) is 17.8. The minimum atomic E-state index is -3.10. The van der Waals surface area contributed by atoms with Gasteiger partial charge in [0.15, 0.2) is 9.84 Å². The number of nitrogens with one attached hydrogen (secondary N) is 1. The Hall–Kier alpha value is -0.870. The van der Waals surface area contributed by atoms with Crippen LogP contribution in [0.4, 0.5) is 0 Å². The van der Waals surface area contributed by atoms with Crippen LogP contribution >= 0.6 is 0 Å². The molecule has 1 aliphatic heterocycles. The second-order valence-corrected chi connectivity index (χ2v) is 7.22. The summed E-state index contributed by atoms with van der Waals surface area (Å²) < 4.78 is 24.3. The molecule has 2 rings (SSSR count). The van der Waals surface area contributed by atoms with Crippen molar-refractivity contribution in [2.45, 2.75) is 31.1 Å². The van der Waals surface area contributed by atoms with Crippen molar-refractivity contribution in [3.05, 3.63) is 29.8 Å². The van der Waals surface area contributed by atoms with E-state index in [0.717, 1.165) is 37.9 Å². The fourth-order valence-electron chi connectivity index (χ4n) is 2.36. The zero-order chi connectivity index (χ0) is 13.0. The fraction of sp³-hybridized carbons (Fsp3) is 0.571. The number of hydrogen-bond donors (Lipinski definition) is 1. The van der Waals surface area contributed by atoms with Crippen LogP contribution in [0, 0.1) is 12.8 Å². The summed E-state index contributed by atoms with van der Waals surface area (Å²) in [5, 5.41) is 3.30. The average molecular weight is 267 g/mol. The van der Waals surface area contributed by atoms with Gasteiger partial charge in [0, 0.05) is 0 Å². The Bertz CT molecular complexity index is 473. The molecule has 0 bridgehead atoms. The zero-order valence-electron chi connectivity index (χ0n) is 10.9. The van der Waals surface area contributed by atoms with Gasteiger partial charge in [-0.05, 0) is 57.3 Å². The van der Waals surface area contributed by atoms with Crippen LogP contribution in [0.1, 0.15) is 24.8 Å². The van der Waals surface area contributed by atoms with Crippen LogP contribution in [0.15, 0.2) is 29.2 Å². The summed E-state index contributed by atoms with van der Waals surface area (Å²) in [6, 6.07) is 7.15. The molecule has 0 unspecified atom stereocenters. The molecule has 0 radical (unpaired) electrons. The molecule has 1 aliphatic rings. The molecule has 3 nitrogen and oxygen atoms in total. The molecular formula is C14H21NO2S. The quantitative estimate of drug-likeness (QED) is 0.909. The maximum absolute atomic E-state index is 12.2. The number of sulfone groups is 1. The summed E-state index contributed by atoms with van der Waals surface area (Å²) in [7, 11) is -3.10. The van der Waals surface area contributed by atoms with E-state index in [-0.39, 0.29) is 5.75 Å². The highest BCUT2D eigenvalue weighted by Crippen LogP contribution is 2.20. The first-order valence-corrected chi connectivity index (χ1v) is 8.23. The van der Waals surface area contributed by atoms with Crippen LogP contribution in [0.25, 0.3) is 0 Å². The molecular weight excluding hydrogens is 246 g/mol. The van der Waals surface area contributed by atoms with E-state index in [1.165, 1.54) is 0 Å². The fourth-order valence-corrected chi connectivity index (χ4v) is 3.79. The maximum Gasteiger partial charge on any atom is 0.178 e. The summed E-state index contributed by atoms with van der Waals surface area (Å²) in [6.45, 7) is 4.01. The lowest BCUT2D eigenvalue weighted by atomic mass is 9.96. The molecule has 0 saturated carbocycles. The molecule has 0 amide bonds. The molecule has 100 valence electrons. The van der Waals surface area contributed by atoms with Crippen molar-refractivity contribution in [3.8, 4) is 0 Å². The van der Waals surface area contributed by atoms with Crippen molar-refractivity contribution in [3.63, 3.8) is 0 Å². The van der Waals surface area contributed by atoms with E-state index in [1.54, 1.807) is 12.1 Å². The van der Waals surface area contributed by atoms with Gasteiger partial charge in [-0.1, -0.05) is 17.7 Å². The van der Waals surface area contributed by atoms with E-state index in [9.17, 15) is 8.42 Å². The minimum absolute atomic E-state index is 0.278. The van der Waals surface area contributed by atoms with E-state index in [0.29, 0.717) is 10.8 Å². The van der Waals surface area contributed by atoms with Crippen LogP contribution < -0.4 is 5.32 Å². The second-order valence-electron chi connectivity index (χ2n) is 5.11. The Labute approximate surface area is 110 Å². The summed E-state index contributed by atoms with van der Waals surface area (Å²) >= 11 is 0. The van der Waals surface area contributed by atoms with Gasteiger partial charge in [-0.3, -0.25) is 0 Å². The standard InChI is InChI=1S/C14H21NO2S/c1-12-2-4-14(5-3-12)18(16,17)11-8-13-6-9-15-10-7-13/h2-5,13,15H,6-11H2,1H3. The van der Waals surface area contributed by atoms with E-state index in [2.05, 4.69) is 5.32 Å². The third-order valence-electron chi connectivity index (χ3n) is 3.63. The lowest BCUT2D eigenvalue weighted by Crippen LogP contribution is -2.28. The van der Waals surface area contributed by atoms with Crippen molar-refractivity contribution in [2.24, 2.45) is 5.92 Å². The predicted molar refractivity (Wildman–Crippen MR) is 73.4 cm³/mol. The first-order chi connectivity index (χ1) is 8.58. The number of aryl methyl sites for hydroxylation is 1. The highest BCUT2D eigenvalue weighted by molar-refractivity contribution is 7.91. The minimum Gasteiger partial charge on any atom is -0.317 e. The average Bonchev–Trinajstić information content (AvgIpc) is 2.38. The number of benzene rings is 1. The number of hydrogen-bond acceptors (Lipinski definition) is 3. The Morgan fingerprint density at radius 1 is 1.17 bits per heavy atom. The molecule has 1 N–H and O–H groups in total. The molecule has 1 aromatic carbocycles. The lowest BCUT2D eigenvalue weighted by molar-refractivity contribution is 0.365. The third-order valence-corrected chi connectivity index (χ3v) is 5.40. The molecule has 0 spiro atoms. The first kappa shape index (κ1) is 13.6. The molecule has 1 aromatic rings. The Kier molecular flexibility index (Phi) is 4.40. The topological polar surface area (TPSA) is 46.2 Å². The van der Waals surface area contributed by atoms with Crippen LogP contribution in [0.3, 0.4) is 0 Å². The van der Waals surface area contributed by atoms with Crippen LogP contribution in [-0.4, -0.2) is 27.3 Å². The Morgan fingerprint density at radius 3 is 2.39 bits per heavy atom. The van der Waals surface area contributed by atoms with E-state index < -0.39 is 9.84 Å². The Balaban J connectivity index is 1.96. The monoisotopic (exact) mass is 267 g/mol. The van der Waals surface area contributed by atoms with E-state index in [1.807, 2.05) is 19.1 Å². The van der Waals surface area contributed by atoms with Crippen LogP contribution in [-0.2, 0) is 9.84 Å². The van der Waals surface area contributed by atoms with Gasteiger partial charge in [0.05, 0.1) is 10.6 Å². The molecule has 1 fully saturated rings. The van der Waals surface area contributed by atoms with Gasteiger partial charge >= 0.3 is 0 Å². The molecule has 0 aromatic heterocycles. The van der Waals surface area contributed by atoms with Gasteiger partial charge in [0.1, 0.15) is 0 Å². The predicted octanol–water partition coefficient (Wildman–Crippen LogP) is 2.16. The Morgan fingerprint density at radius 2 is 1.78 bits per heavy atom. The van der Waals surface area contributed by atoms with E-state index >= 15 is 0 Å². The SMILES string of the molecule is Cc1ccc(S(=O)(=O)CCC2CCNCC2)cc1. The molecule has 18 heavy (non-hydrogen) atoms. The number of piperidine rings is 1. The van der Waals surface area contributed by atoms with Crippen molar-refractivity contribution in [1.29, 1.82) is 0 Å². The highest BCUT2D eigenvalue weighted by Gasteiger charge is 2.19. The van der Waals surface area contributed by atoms with E-state index in [4.69, 9.17) is 0 Å². The molecule has 1 saturated heterocycles. The van der Waals surface area contributed by atoms with Crippen molar-refractivity contribution < 1.29 is 8.42 Å². The lowest BCUT2D eigenvalue weighted by Gasteiger charge is -2.22. The van der Waals surface area contributed by atoms with Crippen LogP contribution in [0.2, 0.25) is 0 Å². The van der Waals surface area contributed by atoms with Gasteiger partial charge < -0.3 is 5.32 Å². The smallest absolute Gasteiger partial charge is 0.178 e. The first-order valence-electron chi connectivity index (χ1n) is 6.58. The van der Waals surface area contributed by atoms with Gasteiger partial charge in [-0.25, -0.2) is 8.42 Å². The largest absolute Gasteiger partial charge is 0.317 e. The van der Waals surface area contributed by atoms with Crippen molar-refractivity contribution in [2.75, 3.05) is 18.8 Å². The van der Waals surface area contributed by atoms with Crippen molar-refractivity contribution >= 4 is 9.84 Å². The number of rotatable bonds is 4. The highest BCUT2D eigenvalue weighted by atomic mass is 32.2. The molecule has 0 atom stereocenters. The maximum atomic E-state index is 12.2. The van der Waals surface area contributed by atoms with Crippen LogP contribution in [0.5, 0.6) is 0 Å². The summed E-state index contributed by atoms with van der Waals surface area (Å²) in [5.74, 6) is 0.840. The molecule has 0 aliphatic carbocycles. The molecule has 1 heterocycles. The van der Waals surface area contributed by atoms with Crippen molar-refractivity contribution in [1.82, 2.24) is 5.32 Å². The molecule has 4 heteroatoms. The summed E-state index contributed by atoms with van der Waals surface area (Å²) in [4.78, 5) is 0.460. The summed E-state index contributed by atoms with van der Waals surface area (Å²) in [5.41, 5.74) is 1.09. The van der Waals surface area contributed by atoms with Gasteiger partial charge in [0.2, 0.25) is 0 Å². The zero-order valence-corrected chi connectivity index (χ0v) is 11.7. The summed E-state index contributed by atoms with van der Waals surface area (Å²) in [6.07, 6.45) is 2.99.